The zero-order valence-electron chi connectivity index (χ0n) is 17.9. The van der Waals surface area contributed by atoms with Crippen molar-refractivity contribution in [1.82, 2.24) is 9.97 Å². The van der Waals surface area contributed by atoms with Crippen LogP contribution in [0, 0.1) is 6.92 Å². The van der Waals surface area contributed by atoms with Gasteiger partial charge >= 0.3 is 0 Å². The Hall–Kier alpha value is -2.81. The lowest BCUT2D eigenvalue weighted by atomic mass is 10.2. The molecule has 33 heavy (non-hydrogen) atoms. The molecule has 0 saturated heterocycles. The minimum atomic E-state index is -3.44. The summed E-state index contributed by atoms with van der Waals surface area (Å²) in [5.41, 5.74) is 2.48. The normalized spacial score (nSPS) is 11.6. The van der Waals surface area contributed by atoms with E-state index in [1.54, 1.807) is 47.6 Å². The molecule has 0 fully saturated rings. The summed E-state index contributed by atoms with van der Waals surface area (Å²) in [5.74, 6) is -0.289. The van der Waals surface area contributed by atoms with Gasteiger partial charge in [-0.2, -0.15) is 0 Å². The lowest BCUT2D eigenvalue weighted by molar-refractivity contribution is -0.118. The lowest BCUT2D eigenvalue weighted by Crippen LogP contribution is -2.30. The number of amides is 1. The summed E-state index contributed by atoms with van der Waals surface area (Å²) in [6.07, 6.45) is 3.68. The average Bonchev–Trinajstić information content (AvgIpc) is 3.26. The Morgan fingerprint density at radius 2 is 1.88 bits per heavy atom. The summed E-state index contributed by atoms with van der Waals surface area (Å²) in [7, 11) is -3.44. The fraction of sp³-hybridized carbons (Fsp3) is 0.208. The van der Waals surface area contributed by atoms with E-state index in [2.05, 4.69) is 4.98 Å². The SMILES string of the molecule is Cc1c(Cl)ccc2sc(N(Cc3cccnc3)C(=O)CCCS(=O)(=O)c3ccccc3)nc12. The number of carbonyl (C=O) groups is 1. The van der Waals surface area contributed by atoms with Gasteiger partial charge in [-0.3, -0.25) is 14.7 Å². The largest absolute Gasteiger partial charge is 0.284 e. The third-order valence-corrected chi connectivity index (χ3v) is 8.51. The number of aromatic nitrogens is 2. The smallest absolute Gasteiger partial charge is 0.229 e. The van der Waals surface area contributed by atoms with Gasteiger partial charge in [0.25, 0.3) is 0 Å². The summed E-state index contributed by atoms with van der Waals surface area (Å²) in [6.45, 7) is 2.20. The Kier molecular flexibility index (Phi) is 7.07. The van der Waals surface area contributed by atoms with Crippen molar-refractivity contribution in [3.05, 3.63) is 83.1 Å². The number of rotatable bonds is 8. The van der Waals surface area contributed by atoms with Crippen LogP contribution in [-0.2, 0) is 21.2 Å². The van der Waals surface area contributed by atoms with Crippen molar-refractivity contribution in [1.29, 1.82) is 0 Å². The Balaban J connectivity index is 1.56. The van der Waals surface area contributed by atoms with Gasteiger partial charge in [-0.15, -0.1) is 0 Å². The van der Waals surface area contributed by atoms with E-state index >= 15 is 0 Å². The average molecular weight is 500 g/mol. The number of hydrogen-bond donors (Lipinski definition) is 0. The molecule has 2 aromatic heterocycles. The molecule has 0 aliphatic carbocycles. The van der Waals surface area contributed by atoms with Gasteiger partial charge in [0.1, 0.15) is 0 Å². The molecule has 1 amide bonds. The standard InChI is InChI=1S/C24H22ClN3O3S2/c1-17-20(25)11-12-21-23(17)27-24(32-21)28(16-18-7-5-13-26-15-18)22(29)10-6-14-33(30,31)19-8-3-2-4-9-19/h2-5,7-9,11-13,15H,6,10,14,16H2,1H3. The van der Waals surface area contributed by atoms with Gasteiger partial charge in [-0.05, 0) is 54.8 Å². The Bertz CT molecular complexity index is 1370. The number of aryl methyl sites for hydroxylation is 1. The van der Waals surface area contributed by atoms with Crippen LogP contribution in [-0.4, -0.2) is 30.0 Å². The van der Waals surface area contributed by atoms with Crippen molar-refractivity contribution < 1.29 is 13.2 Å². The zero-order valence-corrected chi connectivity index (χ0v) is 20.3. The second-order valence-electron chi connectivity index (χ2n) is 7.59. The minimum Gasteiger partial charge on any atom is -0.284 e. The number of pyridine rings is 1. The van der Waals surface area contributed by atoms with Crippen molar-refractivity contribution in [3.63, 3.8) is 0 Å². The number of nitrogens with zero attached hydrogens (tertiary/aromatic N) is 3. The zero-order chi connectivity index (χ0) is 23.4. The van der Waals surface area contributed by atoms with Gasteiger partial charge in [0.15, 0.2) is 15.0 Å². The molecule has 170 valence electrons. The maximum Gasteiger partial charge on any atom is 0.229 e. The van der Waals surface area contributed by atoms with Crippen LogP contribution >= 0.6 is 22.9 Å². The number of benzene rings is 2. The van der Waals surface area contributed by atoms with Crippen LogP contribution in [0.4, 0.5) is 5.13 Å². The van der Waals surface area contributed by atoms with Crippen molar-refractivity contribution in [2.75, 3.05) is 10.7 Å². The van der Waals surface area contributed by atoms with Gasteiger partial charge in [0.05, 0.1) is 27.4 Å². The van der Waals surface area contributed by atoms with Crippen LogP contribution in [0.1, 0.15) is 24.0 Å². The second-order valence-corrected chi connectivity index (χ2v) is 11.1. The number of fused-ring (bicyclic) bond motifs is 1. The molecule has 0 bridgehead atoms. The van der Waals surface area contributed by atoms with Gasteiger partial charge < -0.3 is 0 Å². The quantitative estimate of drug-likeness (QED) is 0.322. The number of hydrogen-bond acceptors (Lipinski definition) is 6. The first-order chi connectivity index (χ1) is 15.8. The highest BCUT2D eigenvalue weighted by Crippen LogP contribution is 2.34. The first-order valence-corrected chi connectivity index (χ1v) is 13.2. The number of sulfone groups is 1. The first-order valence-electron chi connectivity index (χ1n) is 10.4. The fourth-order valence-electron chi connectivity index (χ4n) is 3.44. The second kappa shape index (κ2) is 9.99. The van der Waals surface area contributed by atoms with Crippen molar-refractivity contribution in [2.45, 2.75) is 31.2 Å². The lowest BCUT2D eigenvalue weighted by Gasteiger charge is -2.20. The first kappa shape index (κ1) is 23.4. The van der Waals surface area contributed by atoms with Crippen molar-refractivity contribution in [3.8, 4) is 0 Å². The summed E-state index contributed by atoms with van der Waals surface area (Å²) in [5, 5.41) is 1.17. The third kappa shape index (κ3) is 5.40. The molecule has 4 aromatic rings. The molecular formula is C24H22ClN3O3S2. The highest BCUT2D eigenvalue weighted by atomic mass is 35.5. The molecule has 0 saturated carbocycles. The molecule has 4 rings (SSSR count). The summed E-state index contributed by atoms with van der Waals surface area (Å²) in [4.78, 5) is 23.9. The molecule has 0 radical (unpaired) electrons. The fourth-order valence-corrected chi connectivity index (χ4v) is 5.96. The Morgan fingerprint density at radius 3 is 2.61 bits per heavy atom. The van der Waals surface area contributed by atoms with Crippen molar-refractivity contribution in [2.24, 2.45) is 0 Å². The monoisotopic (exact) mass is 499 g/mol. The van der Waals surface area contributed by atoms with Gasteiger partial charge in [-0.1, -0.05) is 47.2 Å². The molecule has 2 heterocycles. The molecule has 0 atom stereocenters. The molecule has 0 spiro atoms. The highest BCUT2D eigenvalue weighted by molar-refractivity contribution is 7.91. The van der Waals surface area contributed by atoms with E-state index in [0.717, 1.165) is 21.3 Å². The molecule has 9 heteroatoms. The van der Waals surface area contributed by atoms with E-state index in [1.807, 2.05) is 31.2 Å². The number of anilines is 1. The Labute approximate surface area is 201 Å². The minimum absolute atomic E-state index is 0.0853. The van der Waals surface area contributed by atoms with Crippen LogP contribution in [0.2, 0.25) is 5.02 Å². The predicted octanol–water partition coefficient (Wildman–Crippen LogP) is 5.44. The van der Waals surface area contributed by atoms with Crippen molar-refractivity contribution >= 4 is 54.0 Å². The van der Waals surface area contributed by atoms with Gasteiger partial charge in [0.2, 0.25) is 5.91 Å². The van der Waals surface area contributed by atoms with Crippen LogP contribution in [0.15, 0.2) is 71.9 Å². The van der Waals surface area contributed by atoms with Crippen LogP contribution in [0.3, 0.4) is 0 Å². The molecule has 0 unspecified atom stereocenters. The topological polar surface area (TPSA) is 80.2 Å². The predicted molar refractivity (Wildman–Crippen MR) is 133 cm³/mol. The number of halogens is 1. The van der Waals surface area contributed by atoms with E-state index in [-0.39, 0.29) is 29.4 Å². The van der Waals surface area contributed by atoms with E-state index in [9.17, 15) is 13.2 Å². The summed E-state index contributed by atoms with van der Waals surface area (Å²) >= 11 is 7.66. The number of thiazole rings is 1. The van der Waals surface area contributed by atoms with Gasteiger partial charge in [-0.25, -0.2) is 13.4 Å². The third-order valence-electron chi connectivity index (χ3n) is 5.24. The maximum absolute atomic E-state index is 13.3. The molecule has 0 aliphatic heterocycles. The Morgan fingerprint density at radius 1 is 1.09 bits per heavy atom. The molecule has 6 nitrogen and oxygen atoms in total. The summed E-state index contributed by atoms with van der Waals surface area (Å²) < 4.78 is 26.1. The maximum atomic E-state index is 13.3. The van der Waals surface area contributed by atoms with E-state index in [0.29, 0.717) is 16.7 Å². The van der Waals surface area contributed by atoms with E-state index in [1.165, 1.54) is 11.3 Å². The summed E-state index contributed by atoms with van der Waals surface area (Å²) in [6, 6.07) is 15.7. The number of carbonyl (C=O) groups excluding carboxylic acids is 1. The molecule has 0 aliphatic rings. The van der Waals surface area contributed by atoms with Crippen LogP contribution < -0.4 is 4.90 Å². The molecular weight excluding hydrogens is 478 g/mol. The highest BCUT2D eigenvalue weighted by Gasteiger charge is 2.22. The van der Waals surface area contributed by atoms with E-state index in [4.69, 9.17) is 16.6 Å². The van der Waals surface area contributed by atoms with Gasteiger partial charge in [0, 0.05) is 23.8 Å². The van der Waals surface area contributed by atoms with Crippen LogP contribution in [0.25, 0.3) is 10.2 Å². The van der Waals surface area contributed by atoms with Crippen LogP contribution in [0.5, 0.6) is 0 Å². The van der Waals surface area contributed by atoms with E-state index < -0.39 is 9.84 Å². The molecule has 0 N–H and O–H groups in total. The molecule has 2 aromatic carbocycles.